The zero-order valence-corrected chi connectivity index (χ0v) is 14.2. The molecule has 124 valence electrons. The van der Waals surface area contributed by atoms with Crippen molar-refractivity contribution in [2.75, 3.05) is 7.11 Å². The Kier molecular flexibility index (Phi) is 4.01. The van der Waals surface area contributed by atoms with E-state index in [9.17, 15) is 4.79 Å². The van der Waals surface area contributed by atoms with Crippen molar-refractivity contribution in [1.82, 2.24) is 10.2 Å². The van der Waals surface area contributed by atoms with Crippen LogP contribution >= 0.6 is 0 Å². The van der Waals surface area contributed by atoms with E-state index in [4.69, 9.17) is 9.84 Å². The van der Waals surface area contributed by atoms with Crippen molar-refractivity contribution in [3.05, 3.63) is 47.0 Å². The first-order valence-electron chi connectivity index (χ1n) is 7.82. The van der Waals surface area contributed by atoms with Gasteiger partial charge in [-0.25, -0.2) is 4.79 Å². The number of carboxylic acid groups (broad SMARTS) is 1. The molecule has 0 aliphatic rings. The van der Waals surface area contributed by atoms with Crippen molar-refractivity contribution in [3.8, 4) is 17.0 Å². The number of aromatic carboxylic acids is 1. The zero-order chi connectivity index (χ0) is 17.4. The molecule has 0 saturated heterocycles. The third kappa shape index (κ3) is 2.62. The zero-order valence-electron chi connectivity index (χ0n) is 14.2. The molecule has 5 heteroatoms. The molecule has 0 aliphatic heterocycles. The molecule has 0 fully saturated rings. The van der Waals surface area contributed by atoms with Gasteiger partial charge in [0, 0.05) is 10.9 Å². The average molecular weight is 324 g/mol. The van der Waals surface area contributed by atoms with E-state index in [-0.39, 0.29) is 5.56 Å². The fourth-order valence-corrected chi connectivity index (χ4v) is 2.94. The van der Waals surface area contributed by atoms with Crippen LogP contribution < -0.4 is 4.74 Å². The summed E-state index contributed by atoms with van der Waals surface area (Å²) in [6, 6.07) is 9.15. The number of carboxylic acids is 1. The molecule has 24 heavy (non-hydrogen) atoms. The molecule has 0 atom stereocenters. The number of carbonyl (C=O) groups is 1. The van der Waals surface area contributed by atoms with Crippen LogP contribution in [0.2, 0.25) is 0 Å². The van der Waals surface area contributed by atoms with E-state index in [1.165, 1.54) is 0 Å². The highest BCUT2D eigenvalue weighted by Crippen LogP contribution is 2.36. The summed E-state index contributed by atoms with van der Waals surface area (Å²) >= 11 is 0. The quantitative estimate of drug-likeness (QED) is 0.747. The van der Waals surface area contributed by atoms with Crippen LogP contribution in [0, 0.1) is 6.92 Å². The number of ether oxygens (including phenoxy) is 1. The Bertz CT molecular complexity index is 926. The molecule has 1 heterocycles. The molecule has 3 rings (SSSR count). The van der Waals surface area contributed by atoms with Crippen LogP contribution in [0.3, 0.4) is 0 Å². The number of benzene rings is 2. The molecule has 0 radical (unpaired) electrons. The maximum Gasteiger partial charge on any atom is 0.335 e. The molecular formula is C19H20N2O3. The number of fused-ring (bicyclic) bond motifs is 1. The molecule has 0 aliphatic carbocycles. The number of aryl methyl sites for hydroxylation is 1. The molecule has 3 aromatic rings. The van der Waals surface area contributed by atoms with Crippen LogP contribution in [0.1, 0.15) is 41.3 Å². The minimum absolute atomic E-state index is 0.243. The number of rotatable bonds is 4. The SMILES string of the molecule is COc1cc(C)c(-c2n[nH]c3cc(C(=O)O)ccc23)cc1C(C)C. The van der Waals surface area contributed by atoms with Crippen LogP contribution in [0.15, 0.2) is 30.3 Å². The van der Waals surface area contributed by atoms with E-state index in [1.807, 2.05) is 13.0 Å². The number of nitrogens with one attached hydrogen (secondary N) is 1. The average Bonchev–Trinajstić information content (AvgIpc) is 2.97. The molecule has 0 bridgehead atoms. The second-order valence-corrected chi connectivity index (χ2v) is 6.20. The van der Waals surface area contributed by atoms with Gasteiger partial charge in [0.2, 0.25) is 0 Å². The third-order valence-electron chi connectivity index (χ3n) is 4.26. The number of hydrogen-bond donors (Lipinski definition) is 2. The lowest BCUT2D eigenvalue weighted by Gasteiger charge is -2.15. The molecule has 0 amide bonds. The lowest BCUT2D eigenvalue weighted by atomic mass is 9.94. The standard InChI is InChI=1S/C19H20N2O3/c1-10(2)14-9-15(11(3)7-17(14)24-4)18-13-6-5-12(19(22)23)8-16(13)20-21-18/h5-10H,1-4H3,(H,20,21)(H,22,23). The lowest BCUT2D eigenvalue weighted by molar-refractivity contribution is 0.0697. The highest BCUT2D eigenvalue weighted by molar-refractivity contribution is 5.98. The molecule has 0 unspecified atom stereocenters. The largest absolute Gasteiger partial charge is 0.496 e. The van der Waals surface area contributed by atoms with Crippen molar-refractivity contribution in [3.63, 3.8) is 0 Å². The predicted octanol–water partition coefficient (Wildman–Crippen LogP) is 4.37. The fraction of sp³-hybridized carbons (Fsp3) is 0.263. The monoisotopic (exact) mass is 324 g/mol. The number of nitrogens with zero attached hydrogens (tertiary/aromatic N) is 1. The molecule has 2 N–H and O–H groups in total. The molecule has 0 saturated carbocycles. The normalized spacial score (nSPS) is 11.2. The number of aromatic nitrogens is 2. The van der Waals surface area contributed by atoms with Gasteiger partial charge < -0.3 is 9.84 Å². The highest BCUT2D eigenvalue weighted by atomic mass is 16.5. The Hall–Kier alpha value is -2.82. The van der Waals surface area contributed by atoms with Crippen molar-refractivity contribution in [2.24, 2.45) is 0 Å². The van der Waals surface area contributed by atoms with E-state index in [2.05, 4.69) is 30.1 Å². The van der Waals surface area contributed by atoms with Crippen LogP contribution in [0.25, 0.3) is 22.2 Å². The minimum Gasteiger partial charge on any atom is -0.496 e. The van der Waals surface area contributed by atoms with Crippen molar-refractivity contribution in [1.29, 1.82) is 0 Å². The Balaban J connectivity index is 2.20. The summed E-state index contributed by atoms with van der Waals surface area (Å²) in [6.45, 7) is 6.27. The molecule has 1 aromatic heterocycles. The second kappa shape index (κ2) is 6.00. The van der Waals surface area contributed by atoms with Crippen LogP contribution in [-0.4, -0.2) is 28.4 Å². The Labute approximate surface area is 140 Å². The van der Waals surface area contributed by atoms with Gasteiger partial charge in [0.25, 0.3) is 0 Å². The van der Waals surface area contributed by atoms with Gasteiger partial charge in [-0.2, -0.15) is 5.10 Å². The molecule has 2 aromatic carbocycles. The maximum absolute atomic E-state index is 11.1. The summed E-state index contributed by atoms with van der Waals surface area (Å²) < 4.78 is 5.50. The van der Waals surface area contributed by atoms with Crippen molar-refractivity contribution in [2.45, 2.75) is 26.7 Å². The van der Waals surface area contributed by atoms with E-state index in [0.29, 0.717) is 11.4 Å². The molecular weight excluding hydrogens is 304 g/mol. The summed E-state index contributed by atoms with van der Waals surface area (Å²) in [5, 5.41) is 17.4. The van der Waals surface area contributed by atoms with E-state index >= 15 is 0 Å². The van der Waals surface area contributed by atoms with Gasteiger partial charge in [0.15, 0.2) is 0 Å². The first kappa shape index (κ1) is 16.1. The predicted molar refractivity (Wildman–Crippen MR) is 93.9 cm³/mol. The van der Waals surface area contributed by atoms with Crippen LogP contribution in [0.5, 0.6) is 5.75 Å². The fourth-order valence-electron chi connectivity index (χ4n) is 2.94. The summed E-state index contributed by atoms with van der Waals surface area (Å²) in [7, 11) is 1.68. The van der Waals surface area contributed by atoms with Crippen molar-refractivity contribution >= 4 is 16.9 Å². The van der Waals surface area contributed by atoms with Gasteiger partial charge in [-0.1, -0.05) is 13.8 Å². The first-order chi connectivity index (χ1) is 11.4. The maximum atomic E-state index is 11.1. The Morgan fingerprint density at radius 3 is 2.62 bits per heavy atom. The number of hydrogen-bond acceptors (Lipinski definition) is 3. The summed E-state index contributed by atoms with van der Waals surface area (Å²) in [5.41, 5.74) is 4.99. The van der Waals surface area contributed by atoms with Gasteiger partial charge >= 0.3 is 5.97 Å². The van der Waals surface area contributed by atoms with E-state index in [0.717, 1.165) is 33.5 Å². The Morgan fingerprint density at radius 1 is 1.25 bits per heavy atom. The minimum atomic E-state index is -0.948. The topological polar surface area (TPSA) is 75.2 Å². The van der Waals surface area contributed by atoms with E-state index in [1.54, 1.807) is 25.3 Å². The van der Waals surface area contributed by atoms with Gasteiger partial charge in [-0.05, 0) is 54.3 Å². The van der Waals surface area contributed by atoms with Gasteiger partial charge in [-0.3, -0.25) is 5.10 Å². The van der Waals surface area contributed by atoms with Crippen molar-refractivity contribution < 1.29 is 14.6 Å². The van der Waals surface area contributed by atoms with Gasteiger partial charge in [0.05, 0.1) is 18.2 Å². The van der Waals surface area contributed by atoms with Crippen LogP contribution in [0.4, 0.5) is 0 Å². The molecule has 5 nitrogen and oxygen atoms in total. The second-order valence-electron chi connectivity index (χ2n) is 6.20. The molecule has 0 spiro atoms. The first-order valence-corrected chi connectivity index (χ1v) is 7.82. The van der Waals surface area contributed by atoms with Gasteiger partial charge in [-0.15, -0.1) is 0 Å². The Morgan fingerprint density at radius 2 is 2.00 bits per heavy atom. The summed E-state index contributed by atoms with van der Waals surface area (Å²) in [5.74, 6) is 0.248. The highest BCUT2D eigenvalue weighted by Gasteiger charge is 2.16. The smallest absolute Gasteiger partial charge is 0.335 e. The summed E-state index contributed by atoms with van der Waals surface area (Å²) in [4.78, 5) is 11.1. The number of methoxy groups -OCH3 is 1. The lowest BCUT2D eigenvalue weighted by Crippen LogP contribution is -1.97. The third-order valence-corrected chi connectivity index (χ3v) is 4.26. The number of H-pyrrole nitrogens is 1. The van der Waals surface area contributed by atoms with E-state index < -0.39 is 5.97 Å². The number of aromatic amines is 1. The summed E-state index contributed by atoms with van der Waals surface area (Å²) in [6.07, 6.45) is 0. The van der Waals surface area contributed by atoms with Gasteiger partial charge in [0.1, 0.15) is 11.4 Å². The van der Waals surface area contributed by atoms with Crippen LogP contribution in [-0.2, 0) is 0 Å².